The number of aliphatic hydroxyl groups is 1. The molecule has 0 radical (unpaired) electrons. The molecule has 0 aliphatic heterocycles. The average Bonchev–Trinajstić information content (AvgIpc) is 2.29. The van der Waals surface area contributed by atoms with Gasteiger partial charge >= 0.3 is 0 Å². The highest BCUT2D eigenvalue weighted by molar-refractivity contribution is 5.85. The number of benzene rings is 1. The van der Waals surface area contributed by atoms with Crippen LogP contribution in [-0.2, 0) is 0 Å². The molecule has 1 aromatic carbocycles. The lowest BCUT2D eigenvalue weighted by molar-refractivity contribution is -0.0719. The van der Waals surface area contributed by atoms with Crippen molar-refractivity contribution in [2.24, 2.45) is 5.73 Å². The molecule has 3 nitrogen and oxygen atoms in total. The molecule has 0 saturated heterocycles. The molecule has 0 aromatic heterocycles. The van der Waals surface area contributed by atoms with Gasteiger partial charge in [0.05, 0.1) is 13.2 Å². The van der Waals surface area contributed by atoms with Crippen molar-refractivity contribution >= 4 is 12.4 Å². The van der Waals surface area contributed by atoms with Gasteiger partial charge in [0.1, 0.15) is 18.2 Å². The largest absolute Gasteiger partial charge is 0.497 e. The van der Waals surface area contributed by atoms with E-state index in [0.717, 1.165) is 12.1 Å². The van der Waals surface area contributed by atoms with Gasteiger partial charge in [0, 0.05) is 5.56 Å². The Balaban J connectivity index is 0.00000256. The Bertz CT molecular complexity index is 377. The molecular formula is C10H13ClF3NO2. The van der Waals surface area contributed by atoms with E-state index in [0.29, 0.717) is 0 Å². The van der Waals surface area contributed by atoms with Gasteiger partial charge in [-0.3, -0.25) is 0 Å². The molecule has 0 aliphatic carbocycles. The molecule has 0 saturated carbocycles. The molecule has 0 heterocycles. The van der Waals surface area contributed by atoms with Gasteiger partial charge in [0.15, 0.2) is 0 Å². The molecule has 0 bridgehead atoms. The Labute approximate surface area is 103 Å². The number of ether oxygens (including phenoxy) is 1. The number of nitrogens with two attached hydrogens (primary N) is 1. The summed E-state index contributed by atoms with van der Waals surface area (Å²) < 4.78 is 44.2. The smallest absolute Gasteiger partial charge is 0.289 e. The normalized spacial score (nSPS) is 12.8. The third-order valence-electron chi connectivity index (χ3n) is 2.20. The maximum absolute atomic E-state index is 13.3. The Morgan fingerprint density at radius 1 is 1.47 bits per heavy atom. The van der Waals surface area contributed by atoms with Crippen molar-refractivity contribution in [1.82, 2.24) is 0 Å². The first-order valence-corrected chi connectivity index (χ1v) is 4.50. The van der Waals surface area contributed by atoms with E-state index in [-0.39, 0.29) is 18.2 Å². The summed E-state index contributed by atoms with van der Waals surface area (Å²) in [7, 11) is 1.33. The molecule has 1 aromatic rings. The number of methoxy groups -OCH3 is 1. The van der Waals surface area contributed by atoms with Gasteiger partial charge in [-0.15, -0.1) is 12.4 Å². The zero-order valence-electron chi connectivity index (χ0n) is 8.99. The van der Waals surface area contributed by atoms with Crippen LogP contribution in [0.15, 0.2) is 18.2 Å². The summed E-state index contributed by atoms with van der Waals surface area (Å²) in [4.78, 5) is 0. The van der Waals surface area contributed by atoms with E-state index in [1.54, 1.807) is 0 Å². The minimum atomic E-state index is -3.58. The number of hydrogen-bond acceptors (Lipinski definition) is 3. The maximum atomic E-state index is 13.3. The van der Waals surface area contributed by atoms with Crippen LogP contribution in [0, 0.1) is 5.82 Å². The summed E-state index contributed by atoms with van der Waals surface area (Å²) in [5.74, 6) is -4.21. The average molecular weight is 272 g/mol. The number of alkyl halides is 2. The number of hydrogen-bond donors (Lipinski definition) is 2. The van der Waals surface area contributed by atoms with Crippen LogP contribution < -0.4 is 10.5 Å². The summed E-state index contributed by atoms with van der Waals surface area (Å²) in [5.41, 5.74) is 4.81. The van der Waals surface area contributed by atoms with Gasteiger partial charge in [0.2, 0.25) is 0 Å². The van der Waals surface area contributed by atoms with E-state index in [9.17, 15) is 13.2 Å². The van der Waals surface area contributed by atoms with Gasteiger partial charge in [-0.05, 0) is 18.2 Å². The molecule has 0 aliphatic rings. The lowest BCUT2D eigenvalue weighted by Gasteiger charge is -2.22. The van der Waals surface area contributed by atoms with Crippen LogP contribution in [0.5, 0.6) is 5.75 Å². The first-order chi connectivity index (χ1) is 7.42. The molecule has 17 heavy (non-hydrogen) atoms. The minimum Gasteiger partial charge on any atom is -0.497 e. The first-order valence-electron chi connectivity index (χ1n) is 4.50. The summed E-state index contributed by atoms with van der Waals surface area (Å²) in [6, 6.07) is 1.46. The zero-order valence-corrected chi connectivity index (χ0v) is 9.81. The molecule has 3 N–H and O–H groups in total. The summed E-state index contributed by atoms with van der Waals surface area (Å²) >= 11 is 0. The quantitative estimate of drug-likeness (QED) is 0.879. The van der Waals surface area contributed by atoms with Crippen LogP contribution in [0.2, 0.25) is 0 Å². The van der Waals surface area contributed by atoms with E-state index in [4.69, 9.17) is 15.6 Å². The highest BCUT2D eigenvalue weighted by Gasteiger charge is 2.38. The van der Waals surface area contributed by atoms with Gasteiger partial charge in [-0.25, -0.2) is 13.2 Å². The Morgan fingerprint density at radius 3 is 2.53 bits per heavy atom. The molecule has 0 fully saturated rings. The third-order valence-corrected chi connectivity index (χ3v) is 2.20. The predicted molar refractivity (Wildman–Crippen MR) is 59.2 cm³/mol. The van der Waals surface area contributed by atoms with E-state index < -0.39 is 30.0 Å². The van der Waals surface area contributed by atoms with E-state index >= 15 is 0 Å². The molecule has 0 spiro atoms. The molecule has 0 amide bonds. The van der Waals surface area contributed by atoms with Crippen molar-refractivity contribution in [2.45, 2.75) is 12.0 Å². The second-order valence-corrected chi connectivity index (χ2v) is 3.28. The molecule has 98 valence electrons. The second-order valence-electron chi connectivity index (χ2n) is 3.28. The van der Waals surface area contributed by atoms with Gasteiger partial charge in [-0.2, -0.15) is 0 Å². The number of halogens is 4. The molecule has 7 heteroatoms. The second kappa shape index (κ2) is 6.09. The fourth-order valence-corrected chi connectivity index (χ4v) is 1.21. The van der Waals surface area contributed by atoms with Gasteiger partial charge in [0.25, 0.3) is 5.92 Å². The predicted octanol–water partition coefficient (Wildman–Crippen LogP) is 1.88. The summed E-state index contributed by atoms with van der Waals surface area (Å²) in [6.45, 7) is -1.44. The van der Waals surface area contributed by atoms with E-state index in [1.165, 1.54) is 13.2 Å². The van der Waals surface area contributed by atoms with Crippen LogP contribution in [0.3, 0.4) is 0 Å². The Morgan fingerprint density at radius 2 is 2.06 bits per heavy atom. The number of rotatable bonds is 4. The highest BCUT2D eigenvalue weighted by atomic mass is 35.5. The van der Waals surface area contributed by atoms with Crippen molar-refractivity contribution < 1.29 is 23.0 Å². The molecule has 1 rings (SSSR count). The van der Waals surface area contributed by atoms with Gasteiger partial charge < -0.3 is 15.6 Å². The standard InChI is InChI=1S/C10H12F3NO2.ClH/c1-16-6-2-3-8(11)7(4-6)9(14)10(12,13)5-15;/h2-4,9,15H,5,14H2,1H3;1H/t9-;/m0./s1. The monoisotopic (exact) mass is 271 g/mol. The van der Waals surface area contributed by atoms with Crippen LogP contribution >= 0.6 is 12.4 Å². The third kappa shape index (κ3) is 3.49. The maximum Gasteiger partial charge on any atom is 0.289 e. The van der Waals surface area contributed by atoms with Crippen molar-refractivity contribution in [2.75, 3.05) is 13.7 Å². The van der Waals surface area contributed by atoms with Crippen LogP contribution in [0.4, 0.5) is 13.2 Å². The van der Waals surface area contributed by atoms with Crippen molar-refractivity contribution in [3.8, 4) is 5.75 Å². The zero-order chi connectivity index (χ0) is 12.3. The van der Waals surface area contributed by atoms with Crippen molar-refractivity contribution in [3.63, 3.8) is 0 Å². The fraction of sp³-hybridized carbons (Fsp3) is 0.400. The van der Waals surface area contributed by atoms with Crippen LogP contribution in [0.25, 0.3) is 0 Å². The van der Waals surface area contributed by atoms with Gasteiger partial charge in [-0.1, -0.05) is 0 Å². The first kappa shape index (κ1) is 16.0. The summed E-state index contributed by atoms with van der Waals surface area (Å²) in [6.07, 6.45) is 0. The van der Waals surface area contributed by atoms with Crippen molar-refractivity contribution in [3.05, 3.63) is 29.6 Å². The summed E-state index contributed by atoms with van der Waals surface area (Å²) in [5, 5.41) is 8.46. The lowest BCUT2D eigenvalue weighted by atomic mass is 10.0. The van der Waals surface area contributed by atoms with Crippen LogP contribution in [-0.4, -0.2) is 24.7 Å². The van der Waals surface area contributed by atoms with Crippen molar-refractivity contribution in [1.29, 1.82) is 0 Å². The number of aliphatic hydroxyl groups excluding tert-OH is 1. The topological polar surface area (TPSA) is 55.5 Å². The minimum absolute atomic E-state index is 0. The van der Waals surface area contributed by atoms with E-state index in [2.05, 4.69) is 0 Å². The Hall–Kier alpha value is -0.980. The fourth-order valence-electron chi connectivity index (χ4n) is 1.21. The lowest BCUT2D eigenvalue weighted by Crippen LogP contribution is -2.36. The SMILES string of the molecule is COc1ccc(F)c([C@H](N)C(F)(F)CO)c1.Cl. The Kier molecular flexibility index (Phi) is 5.74. The van der Waals surface area contributed by atoms with Crippen LogP contribution in [0.1, 0.15) is 11.6 Å². The molecule has 1 atom stereocenters. The molecular weight excluding hydrogens is 259 g/mol. The van der Waals surface area contributed by atoms with E-state index in [1.807, 2.05) is 0 Å². The molecule has 0 unspecified atom stereocenters. The highest BCUT2D eigenvalue weighted by Crippen LogP contribution is 2.32.